The smallest absolute Gasteiger partial charge is 0.270 e. The molecule has 0 unspecified atom stereocenters. The Labute approximate surface area is 116 Å². The topological polar surface area (TPSA) is 85.1 Å². The van der Waals surface area contributed by atoms with Crippen LogP contribution in [0, 0.1) is 12.3 Å². The third-order valence-corrected chi connectivity index (χ3v) is 2.80. The third-order valence-electron chi connectivity index (χ3n) is 2.80. The molecule has 0 fully saturated rings. The second kappa shape index (κ2) is 5.85. The highest BCUT2D eigenvalue weighted by Gasteiger charge is 2.18. The average molecular weight is 267 g/mol. The fraction of sp³-hybridized carbons (Fsp3) is 0.133. The molecule has 5 nitrogen and oxygen atoms in total. The maximum Gasteiger partial charge on any atom is 0.270 e. The van der Waals surface area contributed by atoms with Crippen molar-refractivity contribution in [2.24, 2.45) is 5.73 Å². The first kappa shape index (κ1) is 13.6. The Morgan fingerprint density at radius 2 is 2.05 bits per heavy atom. The van der Waals surface area contributed by atoms with Crippen LogP contribution < -0.4 is 11.1 Å². The van der Waals surface area contributed by atoms with Crippen LogP contribution in [0.5, 0.6) is 0 Å². The van der Waals surface area contributed by atoms with Crippen LogP contribution in [0.15, 0.2) is 36.4 Å². The Balaban J connectivity index is 2.22. The van der Waals surface area contributed by atoms with Crippen LogP contribution in [0.1, 0.15) is 16.9 Å². The summed E-state index contributed by atoms with van der Waals surface area (Å²) in [5.41, 5.74) is 6.09. The Morgan fingerprint density at radius 3 is 2.75 bits per heavy atom. The number of para-hydroxylation sites is 1. The number of nitrogens with one attached hydrogen (secondary N) is 1. The van der Waals surface area contributed by atoms with Crippen LogP contribution >= 0.6 is 0 Å². The summed E-state index contributed by atoms with van der Waals surface area (Å²) in [5, 5.41) is 3.41. The number of primary amides is 1. The first-order valence-electron chi connectivity index (χ1n) is 6.01. The van der Waals surface area contributed by atoms with E-state index in [-0.39, 0.29) is 12.1 Å². The van der Waals surface area contributed by atoms with Crippen LogP contribution in [0.3, 0.4) is 0 Å². The number of terminal acetylenes is 1. The predicted octanol–water partition coefficient (Wildman–Crippen LogP) is 0.842. The zero-order valence-electron chi connectivity index (χ0n) is 10.7. The van der Waals surface area contributed by atoms with E-state index in [0.29, 0.717) is 5.52 Å². The largest absolute Gasteiger partial charge is 0.368 e. The van der Waals surface area contributed by atoms with Crippen molar-refractivity contribution in [3.8, 4) is 12.3 Å². The van der Waals surface area contributed by atoms with Crippen molar-refractivity contribution >= 4 is 22.7 Å². The normalized spacial score (nSPS) is 11.6. The van der Waals surface area contributed by atoms with Gasteiger partial charge in [0.2, 0.25) is 5.91 Å². The number of pyridine rings is 1. The van der Waals surface area contributed by atoms with Crippen LogP contribution in [0.25, 0.3) is 10.9 Å². The lowest BCUT2D eigenvalue weighted by Gasteiger charge is -2.12. The van der Waals surface area contributed by atoms with Crippen LogP contribution in [0.4, 0.5) is 0 Å². The number of aromatic nitrogens is 1. The van der Waals surface area contributed by atoms with Gasteiger partial charge in [0, 0.05) is 11.8 Å². The number of amides is 2. The van der Waals surface area contributed by atoms with Crippen molar-refractivity contribution in [3.63, 3.8) is 0 Å². The quantitative estimate of drug-likeness (QED) is 0.805. The van der Waals surface area contributed by atoms with Gasteiger partial charge in [0.1, 0.15) is 11.7 Å². The van der Waals surface area contributed by atoms with Crippen LogP contribution in [-0.4, -0.2) is 22.8 Å². The molecule has 2 amide bonds. The van der Waals surface area contributed by atoms with Crippen LogP contribution in [0.2, 0.25) is 0 Å². The molecular weight excluding hydrogens is 254 g/mol. The SMILES string of the molecule is C#CC[C@@H](NC(=O)c1ccc2ccccc2n1)C(N)=O. The van der Waals surface area contributed by atoms with E-state index in [1.165, 1.54) is 0 Å². The van der Waals surface area contributed by atoms with E-state index in [0.717, 1.165) is 5.39 Å². The van der Waals surface area contributed by atoms with Gasteiger partial charge in [-0.05, 0) is 12.1 Å². The standard InChI is InChI=1S/C15H13N3O2/c1-2-5-12(14(16)19)18-15(20)13-9-8-10-6-3-4-7-11(10)17-13/h1,3-4,6-9,12H,5H2,(H2,16,19)(H,18,20)/t12-/m1/s1. The van der Waals surface area contributed by atoms with E-state index in [9.17, 15) is 9.59 Å². The molecule has 0 radical (unpaired) electrons. The number of carbonyl (C=O) groups is 2. The first-order valence-corrected chi connectivity index (χ1v) is 6.01. The third kappa shape index (κ3) is 2.93. The lowest BCUT2D eigenvalue weighted by atomic mass is 10.1. The molecule has 1 atom stereocenters. The Kier molecular flexibility index (Phi) is 3.96. The van der Waals surface area contributed by atoms with Gasteiger partial charge in [-0.15, -0.1) is 12.3 Å². The van der Waals surface area contributed by atoms with Gasteiger partial charge >= 0.3 is 0 Å². The van der Waals surface area contributed by atoms with Crippen molar-refractivity contribution in [1.29, 1.82) is 0 Å². The maximum atomic E-state index is 12.0. The molecule has 0 saturated heterocycles. The highest BCUT2D eigenvalue weighted by molar-refractivity contribution is 5.97. The van der Waals surface area contributed by atoms with Gasteiger partial charge in [-0.2, -0.15) is 0 Å². The van der Waals surface area contributed by atoms with Gasteiger partial charge in [0.05, 0.1) is 5.52 Å². The molecule has 100 valence electrons. The van der Waals surface area contributed by atoms with Crippen molar-refractivity contribution in [3.05, 3.63) is 42.1 Å². The average Bonchev–Trinajstić information content (AvgIpc) is 2.46. The highest BCUT2D eigenvalue weighted by atomic mass is 16.2. The van der Waals surface area contributed by atoms with Crippen molar-refractivity contribution in [1.82, 2.24) is 10.3 Å². The number of carbonyl (C=O) groups excluding carboxylic acids is 2. The van der Waals surface area contributed by atoms with Crippen molar-refractivity contribution in [2.45, 2.75) is 12.5 Å². The highest BCUT2D eigenvalue weighted by Crippen LogP contribution is 2.11. The van der Waals surface area contributed by atoms with E-state index in [1.54, 1.807) is 18.2 Å². The van der Waals surface area contributed by atoms with Gasteiger partial charge in [-0.1, -0.05) is 24.3 Å². The summed E-state index contributed by atoms with van der Waals surface area (Å²) in [5.74, 6) is 1.15. The minimum atomic E-state index is -0.888. The molecule has 2 rings (SSSR count). The molecule has 0 aliphatic heterocycles. The monoisotopic (exact) mass is 267 g/mol. The molecule has 1 aromatic heterocycles. The maximum absolute atomic E-state index is 12.0. The van der Waals surface area contributed by atoms with E-state index in [2.05, 4.69) is 16.2 Å². The Morgan fingerprint density at radius 1 is 1.30 bits per heavy atom. The van der Waals surface area contributed by atoms with E-state index < -0.39 is 17.9 Å². The molecule has 3 N–H and O–H groups in total. The van der Waals surface area contributed by atoms with Gasteiger partial charge < -0.3 is 11.1 Å². The summed E-state index contributed by atoms with van der Waals surface area (Å²) in [6.07, 6.45) is 5.18. The fourth-order valence-corrected chi connectivity index (χ4v) is 1.77. The second-order valence-corrected chi connectivity index (χ2v) is 4.23. The summed E-state index contributed by atoms with van der Waals surface area (Å²) in [6.45, 7) is 0. The molecular formula is C15H13N3O2. The number of fused-ring (bicyclic) bond motifs is 1. The molecule has 2 aromatic rings. The zero-order valence-corrected chi connectivity index (χ0v) is 10.7. The number of hydrogen-bond acceptors (Lipinski definition) is 3. The predicted molar refractivity (Wildman–Crippen MR) is 75.6 cm³/mol. The minimum Gasteiger partial charge on any atom is -0.368 e. The van der Waals surface area contributed by atoms with Gasteiger partial charge in [0.15, 0.2) is 0 Å². The Bertz CT molecular complexity index is 704. The summed E-state index contributed by atoms with van der Waals surface area (Å²) in [6, 6.07) is 9.92. The summed E-state index contributed by atoms with van der Waals surface area (Å²) in [7, 11) is 0. The molecule has 1 heterocycles. The molecule has 0 spiro atoms. The molecule has 1 aromatic carbocycles. The first-order chi connectivity index (χ1) is 9.61. The van der Waals surface area contributed by atoms with Crippen molar-refractivity contribution in [2.75, 3.05) is 0 Å². The molecule has 0 bridgehead atoms. The lowest BCUT2D eigenvalue weighted by molar-refractivity contribution is -0.119. The summed E-state index contributed by atoms with van der Waals surface area (Å²) in [4.78, 5) is 27.4. The summed E-state index contributed by atoms with van der Waals surface area (Å²) >= 11 is 0. The lowest BCUT2D eigenvalue weighted by Crippen LogP contribution is -2.44. The van der Waals surface area contributed by atoms with Crippen molar-refractivity contribution < 1.29 is 9.59 Å². The number of nitrogens with zero attached hydrogens (tertiary/aromatic N) is 1. The Hall–Kier alpha value is -2.87. The van der Waals surface area contributed by atoms with Gasteiger partial charge in [0.25, 0.3) is 5.91 Å². The molecule has 0 aliphatic carbocycles. The molecule has 0 aliphatic rings. The second-order valence-electron chi connectivity index (χ2n) is 4.23. The minimum absolute atomic E-state index is 0.0503. The fourth-order valence-electron chi connectivity index (χ4n) is 1.77. The molecule has 20 heavy (non-hydrogen) atoms. The van der Waals surface area contributed by atoms with E-state index in [4.69, 9.17) is 12.2 Å². The number of benzene rings is 1. The van der Waals surface area contributed by atoms with E-state index in [1.807, 2.05) is 18.2 Å². The van der Waals surface area contributed by atoms with Crippen LogP contribution in [-0.2, 0) is 4.79 Å². The van der Waals surface area contributed by atoms with Gasteiger partial charge in [-0.3, -0.25) is 9.59 Å². The summed E-state index contributed by atoms with van der Waals surface area (Å²) < 4.78 is 0. The number of hydrogen-bond donors (Lipinski definition) is 2. The number of rotatable bonds is 4. The molecule has 0 saturated carbocycles. The van der Waals surface area contributed by atoms with Gasteiger partial charge in [-0.25, -0.2) is 4.98 Å². The molecule has 5 heteroatoms. The van der Waals surface area contributed by atoms with E-state index >= 15 is 0 Å². The number of nitrogens with two attached hydrogens (primary N) is 1. The zero-order chi connectivity index (χ0) is 14.5.